The fourth-order valence-electron chi connectivity index (χ4n) is 3.64. The van der Waals surface area contributed by atoms with Crippen molar-refractivity contribution in [2.45, 2.75) is 0 Å². The number of hydrogen-bond donors (Lipinski definition) is 0. The second-order valence-electron chi connectivity index (χ2n) is 7.86. The lowest BCUT2D eigenvalue weighted by Crippen LogP contribution is -2.62. The first-order chi connectivity index (χ1) is 18.0. The van der Waals surface area contributed by atoms with Crippen LogP contribution in [-0.2, 0) is 9.53 Å². The van der Waals surface area contributed by atoms with Crippen LogP contribution in [0.2, 0.25) is 10.0 Å². The Morgan fingerprint density at radius 1 is 1.14 bits per heavy atom. The first-order valence-electron chi connectivity index (χ1n) is 11.2. The number of halogens is 2. The summed E-state index contributed by atoms with van der Waals surface area (Å²) < 4.78 is 10.5. The topological polar surface area (TPSA) is 110 Å². The van der Waals surface area contributed by atoms with Crippen molar-refractivity contribution >= 4 is 69.6 Å². The summed E-state index contributed by atoms with van der Waals surface area (Å²) in [6.45, 7) is 2.47. The van der Waals surface area contributed by atoms with Gasteiger partial charge in [0.1, 0.15) is 5.70 Å². The van der Waals surface area contributed by atoms with Crippen molar-refractivity contribution in [3.8, 4) is 0 Å². The molecule has 1 fully saturated rings. The van der Waals surface area contributed by atoms with Gasteiger partial charge >= 0.3 is 5.88 Å². The number of ether oxygens (including phenoxy) is 1. The summed E-state index contributed by atoms with van der Waals surface area (Å²) in [6, 6.07) is 14.1. The minimum atomic E-state index is -0.468. The van der Waals surface area contributed by atoms with E-state index in [9.17, 15) is 9.90 Å². The standard InChI is InChI=1S/C24H20Cl2N6O4S/c25-18-7-4-8-19(26)17(18)13-20-23(34)32(16-5-2-1-3-6-16)24(27-20)37-15-21(33)28-22-14-31(29-36-22)30-9-11-35-12-10-30/h1-8,13-14H,9-12,15H2/b20-13-. The monoisotopic (exact) mass is 558 g/mol. The number of benzene rings is 2. The molecule has 190 valence electrons. The smallest absolute Gasteiger partial charge is 0.324 e. The van der Waals surface area contributed by atoms with E-state index in [4.69, 9.17) is 32.5 Å². The van der Waals surface area contributed by atoms with Crippen LogP contribution in [-0.4, -0.2) is 54.3 Å². The van der Waals surface area contributed by atoms with E-state index in [-0.39, 0.29) is 23.2 Å². The molecule has 0 unspecified atom stereocenters. The molecular formula is C24H20Cl2N6O4S. The Balaban J connectivity index is 1.36. The van der Waals surface area contributed by atoms with Gasteiger partial charge in [0.05, 0.1) is 36.8 Å². The lowest BCUT2D eigenvalue weighted by atomic mass is 10.2. The number of carbonyl (C=O) groups excluding carboxylic acids is 1. The predicted octanol–water partition coefficient (Wildman–Crippen LogP) is 2.80. The number of amides is 1. The van der Waals surface area contributed by atoms with Crippen LogP contribution in [0.4, 0.5) is 11.6 Å². The average molecular weight is 559 g/mol. The van der Waals surface area contributed by atoms with Crippen molar-refractivity contribution in [1.82, 2.24) is 5.27 Å². The van der Waals surface area contributed by atoms with Crippen LogP contribution in [0.1, 0.15) is 5.56 Å². The van der Waals surface area contributed by atoms with Gasteiger partial charge in [0, 0.05) is 21.4 Å². The van der Waals surface area contributed by atoms with E-state index < -0.39 is 5.90 Å². The second-order valence-corrected chi connectivity index (χ2v) is 9.61. The SMILES string of the molecule is O=C1/C(=C/c2c(Cl)cccc2Cl)N=C(SC/C([O-])=N\c2c[n+](N3CCOCC3)no2)N1c1ccccc1. The molecule has 0 spiro atoms. The van der Waals surface area contributed by atoms with E-state index in [2.05, 4.69) is 15.3 Å². The highest BCUT2D eigenvalue weighted by Gasteiger charge is 2.32. The summed E-state index contributed by atoms with van der Waals surface area (Å²) in [5, 5.41) is 19.6. The van der Waals surface area contributed by atoms with Crippen LogP contribution in [0, 0.1) is 0 Å². The van der Waals surface area contributed by atoms with Crippen LogP contribution in [0.3, 0.4) is 0 Å². The van der Waals surface area contributed by atoms with Crippen LogP contribution >= 0.6 is 35.0 Å². The largest absolute Gasteiger partial charge is 0.861 e. The minimum Gasteiger partial charge on any atom is -0.861 e. The molecule has 1 saturated heterocycles. The van der Waals surface area contributed by atoms with Gasteiger partial charge in [0.15, 0.2) is 5.17 Å². The molecule has 13 heteroatoms. The molecule has 3 heterocycles. The molecule has 0 aliphatic carbocycles. The number of aromatic nitrogens is 2. The molecule has 0 bridgehead atoms. The van der Waals surface area contributed by atoms with Crippen LogP contribution in [0.25, 0.3) is 6.08 Å². The number of hydrogen-bond acceptors (Lipinski definition) is 9. The lowest BCUT2D eigenvalue weighted by Gasteiger charge is -2.18. The molecule has 2 aromatic carbocycles. The summed E-state index contributed by atoms with van der Waals surface area (Å²) >= 11 is 13.7. The molecule has 0 radical (unpaired) electrons. The number of para-hydroxylation sites is 1. The maximum Gasteiger partial charge on any atom is 0.324 e. The molecule has 2 aliphatic heterocycles. The molecule has 0 saturated carbocycles. The van der Waals surface area contributed by atoms with Crippen molar-refractivity contribution in [2.75, 3.05) is 42.0 Å². The normalized spacial score (nSPS) is 17.6. The Hall–Kier alpha value is -3.38. The molecule has 0 N–H and O–H groups in total. The Labute approximate surface area is 226 Å². The Morgan fingerprint density at radius 3 is 2.59 bits per heavy atom. The Bertz CT molecular complexity index is 1370. The molecule has 37 heavy (non-hydrogen) atoms. The van der Waals surface area contributed by atoms with Gasteiger partial charge in [0.2, 0.25) is 5.27 Å². The Morgan fingerprint density at radius 2 is 1.86 bits per heavy atom. The number of nitrogens with zero attached hydrogens (tertiary/aromatic N) is 6. The summed E-state index contributed by atoms with van der Waals surface area (Å²) in [5.41, 5.74) is 1.24. The molecule has 0 atom stereocenters. The maximum atomic E-state index is 13.3. The van der Waals surface area contributed by atoms with Gasteiger partial charge in [0.25, 0.3) is 12.1 Å². The van der Waals surface area contributed by atoms with E-state index in [0.29, 0.717) is 52.8 Å². The molecule has 1 amide bonds. The third-order valence-electron chi connectivity index (χ3n) is 5.41. The molecule has 5 rings (SSSR count). The number of aliphatic imine (C=N–C) groups is 2. The zero-order valence-corrected chi connectivity index (χ0v) is 21.6. The predicted molar refractivity (Wildman–Crippen MR) is 141 cm³/mol. The Kier molecular flexibility index (Phi) is 7.75. The lowest BCUT2D eigenvalue weighted by molar-refractivity contribution is -0.759. The van der Waals surface area contributed by atoms with Crippen LogP contribution in [0.15, 0.2) is 74.9 Å². The molecule has 2 aliphatic rings. The zero-order chi connectivity index (χ0) is 25.8. The first kappa shape index (κ1) is 25.3. The summed E-state index contributed by atoms with van der Waals surface area (Å²) in [6.07, 6.45) is 3.08. The number of amidine groups is 1. The highest BCUT2D eigenvalue weighted by Crippen LogP contribution is 2.32. The van der Waals surface area contributed by atoms with Crippen molar-refractivity contribution in [3.05, 3.63) is 76.0 Å². The highest BCUT2D eigenvalue weighted by atomic mass is 35.5. The van der Waals surface area contributed by atoms with Gasteiger partial charge in [-0.2, -0.15) is 0 Å². The molecule has 1 aromatic heterocycles. The van der Waals surface area contributed by atoms with E-state index in [1.807, 2.05) is 23.2 Å². The van der Waals surface area contributed by atoms with Gasteiger partial charge in [-0.15, -0.1) is 5.01 Å². The van der Waals surface area contributed by atoms with E-state index >= 15 is 0 Å². The van der Waals surface area contributed by atoms with Crippen LogP contribution < -0.4 is 19.8 Å². The number of anilines is 1. The van der Waals surface area contributed by atoms with Gasteiger partial charge in [-0.1, -0.05) is 59.2 Å². The first-order valence-corrected chi connectivity index (χ1v) is 13.0. The quantitative estimate of drug-likeness (QED) is 0.198. The number of morpholine rings is 1. The molecule has 10 nitrogen and oxygen atoms in total. The molecule has 3 aromatic rings. The van der Waals surface area contributed by atoms with Gasteiger partial charge in [-0.25, -0.2) is 9.98 Å². The fraction of sp³-hybridized carbons (Fsp3) is 0.208. The van der Waals surface area contributed by atoms with Gasteiger partial charge in [-0.3, -0.25) is 14.2 Å². The average Bonchev–Trinajstić information content (AvgIpc) is 3.50. The number of rotatable bonds is 6. The number of carbonyl (C=O) groups is 1. The molecular weight excluding hydrogens is 539 g/mol. The van der Waals surface area contributed by atoms with E-state index in [0.717, 1.165) is 11.8 Å². The second kappa shape index (κ2) is 11.3. The van der Waals surface area contributed by atoms with Crippen molar-refractivity contribution < 1.29 is 24.0 Å². The maximum absolute atomic E-state index is 13.3. The summed E-state index contributed by atoms with van der Waals surface area (Å²) in [5.74, 6) is -0.829. The minimum absolute atomic E-state index is 0.0756. The highest BCUT2D eigenvalue weighted by molar-refractivity contribution is 8.14. The third-order valence-corrected chi connectivity index (χ3v) is 6.99. The number of thioether (sulfide) groups is 1. The van der Waals surface area contributed by atoms with Crippen LogP contribution in [0.5, 0.6) is 0 Å². The third kappa shape index (κ3) is 5.80. The zero-order valence-electron chi connectivity index (χ0n) is 19.3. The van der Waals surface area contributed by atoms with Crippen molar-refractivity contribution in [1.29, 1.82) is 0 Å². The van der Waals surface area contributed by atoms with E-state index in [1.165, 1.54) is 15.9 Å². The van der Waals surface area contributed by atoms with Gasteiger partial charge < -0.3 is 9.84 Å². The fourth-order valence-corrected chi connectivity index (χ4v) is 4.94. The summed E-state index contributed by atoms with van der Waals surface area (Å²) in [7, 11) is 0. The van der Waals surface area contributed by atoms with Gasteiger partial charge in [-0.05, 0) is 36.2 Å². The van der Waals surface area contributed by atoms with Crippen molar-refractivity contribution in [2.24, 2.45) is 9.98 Å². The summed E-state index contributed by atoms with van der Waals surface area (Å²) in [4.78, 5) is 24.8. The van der Waals surface area contributed by atoms with Crippen molar-refractivity contribution in [3.63, 3.8) is 0 Å². The van der Waals surface area contributed by atoms with E-state index in [1.54, 1.807) is 36.4 Å².